The minimum Gasteiger partial charge on any atom is -0.492 e. The van der Waals surface area contributed by atoms with Crippen LogP contribution < -0.4 is 19.1 Å². The van der Waals surface area contributed by atoms with Crippen molar-refractivity contribution in [3.8, 4) is 28.1 Å². The lowest BCUT2D eigenvalue weighted by Crippen LogP contribution is -2.46. The van der Waals surface area contributed by atoms with Gasteiger partial charge in [-0.05, 0) is 39.0 Å². The van der Waals surface area contributed by atoms with Crippen LogP contribution in [0.2, 0.25) is 5.02 Å². The first-order valence-corrected chi connectivity index (χ1v) is 14.4. The van der Waals surface area contributed by atoms with Crippen LogP contribution >= 0.6 is 22.9 Å². The van der Waals surface area contributed by atoms with E-state index in [0.717, 1.165) is 10.3 Å². The zero-order valence-electron chi connectivity index (χ0n) is 23.3. The van der Waals surface area contributed by atoms with Crippen molar-refractivity contribution >= 4 is 55.8 Å². The normalized spacial score (nSPS) is 12.7. The maximum absolute atomic E-state index is 15.2. The third kappa shape index (κ3) is 6.53. The summed E-state index contributed by atoms with van der Waals surface area (Å²) >= 11 is 7.74. The van der Waals surface area contributed by atoms with E-state index in [1.807, 2.05) is 13.0 Å². The van der Waals surface area contributed by atoms with Crippen molar-refractivity contribution in [2.75, 3.05) is 24.7 Å². The molecule has 3 heterocycles. The number of nitrogens with zero attached hydrogens (tertiary/aromatic N) is 5. The molecular formula is C29H27ClFN5O6S. The first kappa shape index (κ1) is 30.1. The Morgan fingerprint density at radius 3 is 2.56 bits per heavy atom. The number of aliphatic hydroxyl groups is 1. The van der Waals surface area contributed by atoms with Gasteiger partial charge in [-0.3, -0.25) is 9.88 Å². The van der Waals surface area contributed by atoms with Gasteiger partial charge in [-0.15, -0.1) is 11.3 Å². The van der Waals surface area contributed by atoms with Crippen molar-refractivity contribution in [1.82, 2.24) is 19.9 Å². The van der Waals surface area contributed by atoms with Gasteiger partial charge >= 0.3 is 12.1 Å². The van der Waals surface area contributed by atoms with E-state index in [-0.39, 0.29) is 30.7 Å². The van der Waals surface area contributed by atoms with E-state index in [1.54, 1.807) is 38.2 Å². The molecule has 0 radical (unpaired) electrons. The number of hydrogen-bond acceptors (Lipinski definition) is 10. The van der Waals surface area contributed by atoms with Crippen LogP contribution in [0.1, 0.15) is 20.8 Å². The predicted molar refractivity (Wildman–Crippen MR) is 161 cm³/mol. The fourth-order valence-corrected chi connectivity index (χ4v) is 5.63. The molecular weight excluding hydrogens is 601 g/mol. The maximum Gasteiger partial charge on any atom is 0.412 e. The summed E-state index contributed by atoms with van der Waals surface area (Å²) in [5.74, 6) is -0.0703. The molecule has 0 spiro atoms. The van der Waals surface area contributed by atoms with Crippen LogP contribution in [0.3, 0.4) is 0 Å². The molecule has 11 nitrogen and oxygen atoms in total. The van der Waals surface area contributed by atoms with Gasteiger partial charge in [0.2, 0.25) is 0 Å². The Kier molecular flexibility index (Phi) is 9.04. The monoisotopic (exact) mass is 627 g/mol. The molecule has 0 unspecified atom stereocenters. The molecule has 0 saturated heterocycles. The van der Waals surface area contributed by atoms with E-state index < -0.39 is 24.1 Å². The largest absolute Gasteiger partial charge is 0.492 e. The molecule has 0 aliphatic carbocycles. The Morgan fingerprint density at radius 1 is 1.09 bits per heavy atom. The van der Waals surface area contributed by atoms with Crippen molar-refractivity contribution in [2.24, 2.45) is 0 Å². The molecule has 0 bridgehead atoms. The third-order valence-corrected chi connectivity index (χ3v) is 7.80. The summed E-state index contributed by atoms with van der Waals surface area (Å²) in [4.78, 5) is 30.3. The quantitative estimate of drug-likeness (QED) is 0.174. The van der Waals surface area contributed by atoms with Crippen molar-refractivity contribution in [1.29, 1.82) is 0 Å². The molecule has 0 aliphatic rings. The predicted octanol–water partition coefficient (Wildman–Crippen LogP) is 6.20. The lowest BCUT2D eigenvalue weighted by atomic mass is 10.1. The van der Waals surface area contributed by atoms with Crippen LogP contribution in [0.25, 0.3) is 31.7 Å². The number of carboxylic acid groups (broad SMARTS) is 1. The summed E-state index contributed by atoms with van der Waals surface area (Å²) in [7, 11) is 0. The summed E-state index contributed by atoms with van der Waals surface area (Å²) in [6.45, 7) is 5.45. The van der Waals surface area contributed by atoms with Crippen molar-refractivity contribution in [3.63, 3.8) is 0 Å². The van der Waals surface area contributed by atoms with Crippen LogP contribution in [0.4, 0.5) is 14.9 Å². The van der Waals surface area contributed by atoms with Crippen molar-refractivity contribution in [2.45, 2.75) is 32.9 Å². The Balaban J connectivity index is 1.41. The van der Waals surface area contributed by atoms with E-state index in [4.69, 9.17) is 30.9 Å². The van der Waals surface area contributed by atoms with Gasteiger partial charge < -0.3 is 24.4 Å². The third-order valence-electron chi connectivity index (χ3n) is 6.53. The number of ether oxygens (including phenoxy) is 3. The smallest absolute Gasteiger partial charge is 0.412 e. The molecule has 2 N–H and O–H groups in total. The highest BCUT2D eigenvalue weighted by molar-refractivity contribution is 7.21. The van der Waals surface area contributed by atoms with Crippen LogP contribution in [-0.4, -0.2) is 68.2 Å². The fraction of sp³-hybridized carbons (Fsp3) is 0.276. The van der Waals surface area contributed by atoms with E-state index in [0.29, 0.717) is 43.7 Å². The van der Waals surface area contributed by atoms with Crippen LogP contribution in [0, 0.1) is 5.82 Å². The highest BCUT2D eigenvalue weighted by Gasteiger charge is 2.29. The van der Waals surface area contributed by atoms with Gasteiger partial charge in [-0.2, -0.15) is 0 Å². The summed E-state index contributed by atoms with van der Waals surface area (Å²) in [5, 5.41) is 20.7. The zero-order valence-corrected chi connectivity index (χ0v) is 24.9. The van der Waals surface area contributed by atoms with Gasteiger partial charge in [0, 0.05) is 28.1 Å². The summed E-state index contributed by atoms with van der Waals surface area (Å²) in [5.41, 5.74) is 1.98. The lowest BCUT2D eigenvalue weighted by Gasteiger charge is -2.30. The summed E-state index contributed by atoms with van der Waals surface area (Å²) in [6, 6.07) is 7.48. The van der Waals surface area contributed by atoms with E-state index in [2.05, 4.69) is 19.9 Å². The van der Waals surface area contributed by atoms with E-state index >= 15 is 4.39 Å². The number of pyridine rings is 1. The number of aromatic nitrogens is 4. The standard InChI is InChI=1S/C29H27ClFN5O6S/c1-4-40-20-8-17-7-18(30)9-21(26(17)32-14-20)27-35-23-10-22(31)24(11-25(23)43-27)42-16(3)15(2)36(29(38)39)19-12-33-28(34-13-19)41-6-5-37/h7-16,37H,4-6H2,1-3H3,(H,38,39)/t15-,16+/m1/s1. The SMILES string of the molecule is CCOc1cnc2c(-c3nc4cc(F)c(O[C@@H](C)[C@@H](C)N(C(=O)O)c5cnc(OCCO)nc5)cc4s3)cc(Cl)cc2c1. The number of aliphatic hydroxyl groups excluding tert-OH is 1. The van der Waals surface area contributed by atoms with Crippen LogP contribution in [0.5, 0.6) is 17.5 Å². The average Bonchev–Trinajstić information content (AvgIpc) is 3.38. The van der Waals surface area contributed by atoms with Gasteiger partial charge in [0.15, 0.2) is 11.6 Å². The van der Waals surface area contributed by atoms with Gasteiger partial charge in [-0.1, -0.05) is 11.6 Å². The Labute approximate surface area is 254 Å². The molecule has 224 valence electrons. The summed E-state index contributed by atoms with van der Waals surface area (Å²) < 4.78 is 32.5. The van der Waals surface area contributed by atoms with Crippen molar-refractivity contribution in [3.05, 3.63) is 59.8 Å². The van der Waals surface area contributed by atoms with Gasteiger partial charge in [0.25, 0.3) is 0 Å². The van der Waals surface area contributed by atoms with Crippen LogP contribution in [0.15, 0.2) is 48.9 Å². The lowest BCUT2D eigenvalue weighted by molar-refractivity contribution is 0.166. The molecule has 2 atom stereocenters. The minimum atomic E-state index is -1.27. The molecule has 14 heteroatoms. The minimum absolute atomic E-state index is 0.00230. The molecule has 43 heavy (non-hydrogen) atoms. The molecule has 0 saturated carbocycles. The topological polar surface area (TPSA) is 140 Å². The number of thiazole rings is 1. The van der Waals surface area contributed by atoms with Gasteiger partial charge in [0.1, 0.15) is 23.5 Å². The number of halogens is 2. The van der Waals surface area contributed by atoms with Gasteiger partial charge in [0.05, 0.1) is 59.3 Å². The number of anilines is 1. The molecule has 1 amide bonds. The maximum atomic E-state index is 15.2. The van der Waals surface area contributed by atoms with Crippen molar-refractivity contribution < 1.29 is 33.6 Å². The van der Waals surface area contributed by atoms with E-state index in [1.165, 1.54) is 29.8 Å². The number of hydrogen-bond donors (Lipinski definition) is 2. The van der Waals surface area contributed by atoms with Gasteiger partial charge in [-0.25, -0.2) is 24.1 Å². The highest BCUT2D eigenvalue weighted by Crippen LogP contribution is 2.38. The number of fused-ring (bicyclic) bond motifs is 2. The number of benzene rings is 2. The second kappa shape index (κ2) is 12.9. The summed E-state index contributed by atoms with van der Waals surface area (Å²) in [6.07, 6.45) is 2.16. The molecule has 5 rings (SSSR count). The molecule has 0 fully saturated rings. The molecule has 0 aliphatic heterocycles. The number of rotatable bonds is 11. The Hall–Kier alpha value is -4.33. The first-order valence-electron chi connectivity index (χ1n) is 13.3. The highest BCUT2D eigenvalue weighted by atomic mass is 35.5. The second-order valence-corrected chi connectivity index (χ2v) is 10.9. The molecule has 5 aromatic rings. The molecule has 2 aromatic carbocycles. The number of carbonyl (C=O) groups is 1. The van der Waals surface area contributed by atoms with E-state index in [9.17, 15) is 9.90 Å². The zero-order chi connectivity index (χ0) is 30.7. The number of amides is 1. The van der Waals surface area contributed by atoms with Crippen LogP contribution in [-0.2, 0) is 0 Å². The Bertz CT molecular complexity index is 1770. The molecule has 3 aromatic heterocycles. The average molecular weight is 628 g/mol. The second-order valence-electron chi connectivity index (χ2n) is 9.41. The first-order chi connectivity index (χ1) is 20.7. The fourth-order valence-electron chi connectivity index (χ4n) is 4.41. The Morgan fingerprint density at radius 2 is 1.86 bits per heavy atom.